The zero-order valence-electron chi connectivity index (χ0n) is 11.7. The molecule has 3 nitrogen and oxygen atoms in total. The summed E-state index contributed by atoms with van der Waals surface area (Å²) in [4.78, 5) is 0. The molecule has 1 heterocycles. The molecule has 0 saturated heterocycles. The number of nitrogens with one attached hydrogen (secondary N) is 1. The van der Waals surface area contributed by atoms with Crippen molar-refractivity contribution in [1.82, 2.24) is 15.1 Å². The summed E-state index contributed by atoms with van der Waals surface area (Å²) < 4.78 is 1.87. The lowest BCUT2D eigenvalue weighted by Gasteiger charge is -2.14. The summed E-state index contributed by atoms with van der Waals surface area (Å²) in [5, 5.41) is 8.75. The van der Waals surface area contributed by atoms with Gasteiger partial charge in [-0.2, -0.15) is 5.10 Å². The summed E-state index contributed by atoms with van der Waals surface area (Å²) in [5.74, 6) is 0. The van der Waals surface area contributed by atoms with Crippen molar-refractivity contribution in [3.05, 3.63) is 52.3 Å². The van der Waals surface area contributed by atoms with Gasteiger partial charge in [0.05, 0.1) is 5.69 Å². The van der Waals surface area contributed by atoms with E-state index in [1.807, 2.05) is 29.9 Å². The Labute approximate surface area is 119 Å². The standard InChI is InChI=1S/C15H20ClN3/c1-4-15-13(10-19(3)18-15)9-17-11(2)12-6-5-7-14(16)8-12/h5-8,10-11,17H,4,9H2,1-3H3/t11-/m1/s1. The van der Waals surface area contributed by atoms with Crippen molar-refractivity contribution in [2.45, 2.75) is 32.9 Å². The van der Waals surface area contributed by atoms with Gasteiger partial charge in [-0.05, 0) is 31.0 Å². The zero-order valence-corrected chi connectivity index (χ0v) is 12.4. The predicted molar refractivity (Wildman–Crippen MR) is 79.3 cm³/mol. The van der Waals surface area contributed by atoms with Crippen LogP contribution in [0.2, 0.25) is 5.02 Å². The van der Waals surface area contributed by atoms with Gasteiger partial charge in [0.25, 0.3) is 0 Å². The van der Waals surface area contributed by atoms with Crippen molar-refractivity contribution < 1.29 is 0 Å². The minimum Gasteiger partial charge on any atom is -0.306 e. The van der Waals surface area contributed by atoms with E-state index in [0.29, 0.717) is 0 Å². The number of benzene rings is 1. The van der Waals surface area contributed by atoms with Crippen LogP contribution in [0.5, 0.6) is 0 Å². The highest BCUT2D eigenvalue weighted by Crippen LogP contribution is 2.18. The summed E-state index contributed by atoms with van der Waals surface area (Å²) in [6.45, 7) is 5.10. The van der Waals surface area contributed by atoms with Crippen molar-refractivity contribution in [3.8, 4) is 0 Å². The maximum absolute atomic E-state index is 6.02. The second-order valence-electron chi connectivity index (χ2n) is 4.79. The van der Waals surface area contributed by atoms with E-state index in [-0.39, 0.29) is 6.04 Å². The van der Waals surface area contributed by atoms with Crippen molar-refractivity contribution in [1.29, 1.82) is 0 Å². The maximum atomic E-state index is 6.02. The maximum Gasteiger partial charge on any atom is 0.0666 e. The van der Waals surface area contributed by atoms with E-state index >= 15 is 0 Å². The Balaban J connectivity index is 2.02. The second-order valence-corrected chi connectivity index (χ2v) is 5.22. The Bertz CT molecular complexity index is 548. The normalized spacial score (nSPS) is 12.6. The first-order valence-electron chi connectivity index (χ1n) is 6.60. The summed E-state index contributed by atoms with van der Waals surface area (Å²) >= 11 is 6.02. The Morgan fingerprint density at radius 2 is 2.21 bits per heavy atom. The van der Waals surface area contributed by atoms with Crippen LogP contribution in [0.15, 0.2) is 30.5 Å². The number of rotatable bonds is 5. The van der Waals surface area contributed by atoms with Crippen LogP contribution in [0.3, 0.4) is 0 Å². The summed E-state index contributed by atoms with van der Waals surface area (Å²) in [6.07, 6.45) is 3.04. The third-order valence-corrected chi connectivity index (χ3v) is 3.51. The Hall–Kier alpha value is -1.32. The van der Waals surface area contributed by atoms with E-state index in [1.165, 1.54) is 11.1 Å². The number of halogens is 1. The average molecular weight is 278 g/mol. The monoisotopic (exact) mass is 277 g/mol. The molecule has 4 heteroatoms. The molecular weight excluding hydrogens is 258 g/mol. The van der Waals surface area contributed by atoms with E-state index in [4.69, 9.17) is 11.6 Å². The smallest absolute Gasteiger partial charge is 0.0666 e. The fraction of sp³-hybridized carbons (Fsp3) is 0.400. The molecule has 1 aromatic carbocycles. The lowest BCUT2D eigenvalue weighted by atomic mass is 10.1. The highest BCUT2D eigenvalue weighted by molar-refractivity contribution is 6.30. The molecular formula is C15H20ClN3. The molecule has 0 unspecified atom stereocenters. The highest BCUT2D eigenvalue weighted by atomic mass is 35.5. The molecule has 2 aromatic rings. The molecule has 0 aliphatic heterocycles. The van der Waals surface area contributed by atoms with Gasteiger partial charge in [0, 0.05) is 36.4 Å². The Morgan fingerprint density at radius 3 is 2.89 bits per heavy atom. The van der Waals surface area contributed by atoms with E-state index in [2.05, 4.69) is 36.5 Å². The molecule has 0 spiro atoms. The minimum atomic E-state index is 0.267. The molecule has 0 saturated carbocycles. The number of hydrogen-bond acceptors (Lipinski definition) is 2. The highest BCUT2D eigenvalue weighted by Gasteiger charge is 2.09. The first kappa shape index (κ1) is 14.1. The summed E-state index contributed by atoms with van der Waals surface area (Å²) in [5.41, 5.74) is 3.63. The SMILES string of the molecule is CCc1nn(C)cc1CN[C@H](C)c1cccc(Cl)c1. The largest absolute Gasteiger partial charge is 0.306 e. The molecule has 0 amide bonds. The molecule has 0 aliphatic carbocycles. The minimum absolute atomic E-state index is 0.267. The van der Waals surface area contributed by atoms with Gasteiger partial charge in [-0.3, -0.25) is 4.68 Å². The van der Waals surface area contributed by atoms with Crippen LogP contribution in [0.4, 0.5) is 0 Å². The quantitative estimate of drug-likeness (QED) is 0.907. The number of hydrogen-bond donors (Lipinski definition) is 1. The van der Waals surface area contributed by atoms with Gasteiger partial charge in [0.1, 0.15) is 0 Å². The third-order valence-electron chi connectivity index (χ3n) is 3.27. The molecule has 1 aromatic heterocycles. The fourth-order valence-electron chi connectivity index (χ4n) is 2.19. The van der Waals surface area contributed by atoms with E-state index in [0.717, 1.165) is 23.7 Å². The molecule has 19 heavy (non-hydrogen) atoms. The molecule has 0 bridgehead atoms. The summed E-state index contributed by atoms with van der Waals surface area (Å²) in [6, 6.07) is 8.24. The molecule has 1 atom stereocenters. The van der Waals surface area contributed by atoms with E-state index in [9.17, 15) is 0 Å². The van der Waals surface area contributed by atoms with Crippen LogP contribution in [-0.4, -0.2) is 9.78 Å². The molecule has 102 valence electrons. The lowest BCUT2D eigenvalue weighted by Crippen LogP contribution is -2.18. The number of aromatic nitrogens is 2. The van der Waals surface area contributed by atoms with Crippen LogP contribution in [0.1, 0.15) is 36.7 Å². The second kappa shape index (κ2) is 6.22. The molecule has 1 N–H and O–H groups in total. The first-order valence-corrected chi connectivity index (χ1v) is 6.98. The van der Waals surface area contributed by atoms with Gasteiger partial charge >= 0.3 is 0 Å². The molecule has 0 fully saturated rings. The Morgan fingerprint density at radius 1 is 1.42 bits per heavy atom. The van der Waals surface area contributed by atoms with Gasteiger partial charge in [0.2, 0.25) is 0 Å². The van der Waals surface area contributed by atoms with Gasteiger partial charge in [-0.15, -0.1) is 0 Å². The van der Waals surface area contributed by atoms with Crippen LogP contribution in [0.25, 0.3) is 0 Å². The van der Waals surface area contributed by atoms with Crippen LogP contribution in [0, 0.1) is 0 Å². The van der Waals surface area contributed by atoms with Crippen molar-refractivity contribution in [3.63, 3.8) is 0 Å². The van der Waals surface area contributed by atoms with E-state index in [1.54, 1.807) is 0 Å². The summed E-state index contributed by atoms with van der Waals surface area (Å²) in [7, 11) is 1.96. The van der Waals surface area contributed by atoms with Gasteiger partial charge in [-0.1, -0.05) is 30.7 Å². The molecule has 0 aliphatic rings. The van der Waals surface area contributed by atoms with Gasteiger partial charge in [0.15, 0.2) is 0 Å². The third kappa shape index (κ3) is 3.58. The predicted octanol–water partition coefficient (Wildman–Crippen LogP) is 3.49. The van der Waals surface area contributed by atoms with Crippen LogP contribution < -0.4 is 5.32 Å². The number of aryl methyl sites for hydroxylation is 2. The van der Waals surface area contributed by atoms with Crippen LogP contribution in [-0.2, 0) is 20.0 Å². The molecule has 0 radical (unpaired) electrons. The fourth-order valence-corrected chi connectivity index (χ4v) is 2.38. The first-order chi connectivity index (χ1) is 9.10. The van der Waals surface area contributed by atoms with Crippen molar-refractivity contribution in [2.24, 2.45) is 7.05 Å². The zero-order chi connectivity index (χ0) is 13.8. The van der Waals surface area contributed by atoms with Crippen LogP contribution >= 0.6 is 11.6 Å². The van der Waals surface area contributed by atoms with Gasteiger partial charge < -0.3 is 5.32 Å². The van der Waals surface area contributed by atoms with Gasteiger partial charge in [-0.25, -0.2) is 0 Å². The Kier molecular flexibility index (Phi) is 4.61. The number of nitrogens with zero attached hydrogens (tertiary/aromatic N) is 2. The van der Waals surface area contributed by atoms with Crippen molar-refractivity contribution in [2.75, 3.05) is 0 Å². The molecule has 2 rings (SSSR count). The topological polar surface area (TPSA) is 29.9 Å². The lowest BCUT2D eigenvalue weighted by molar-refractivity contribution is 0.572. The average Bonchev–Trinajstić information content (AvgIpc) is 2.76. The van der Waals surface area contributed by atoms with E-state index < -0.39 is 0 Å². The van der Waals surface area contributed by atoms with Crippen molar-refractivity contribution >= 4 is 11.6 Å².